The van der Waals surface area contributed by atoms with E-state index in [2.05, 4.69) is 27.5 Å². The van der Waals surface area contributed by atoms with Gasteiger partial charge in [-0.2, -0.15) is 0 Å². The molecule has 2 rings (SSSR count). The fourth-order valence-corrected chi connectivity index (χ4v) is 2.89. The van der Waals surface area contributed by atoms with E-state index in [0.29, 0.717) is 36.1 Å². The standard InChI is InChI=1S/C16H22N4O3S/c1-5-12-8-18-14(24-12)9-20-16(17-3)19-7-11-6-13(10(2)23-11)15(21)22-4/h6,8H,5,7,9H2,1-4H3,(H2,17,19,20). The van der Waals surface area contributed by atoms with Gasteiger partial charge in [-0.1, -0.05) is 6.92 Å². The van der Waals surface area contributed by atoms with Gasteiger partial charge in [-0.25, -0.2) is 9.78 Å². The first-order valence-corrected chi connectivity index (χ1v) is 8.44. The molecule has 24 heavy (non-hydrogen) atoms. The van der Waals surface area contributed by atoms with E-state index in [1.807, 2.05) is 6.20 Å². The Bertz CT molecular complexity index is 721. The summed E-state index contributed by atoms with van der Waals surface area (Å²) in [6, 6.07) is 1.68. The lowest BCUT2D eigenvalue weighted by molar-refractivity contribution is 0.0599. The minimum atomic E-state index is -0.402. The summed E-state index contributed by atoms with van der Waals surface area (Å²) in [6.07, 6.45) is 2.89. The van der Waals surface area contributed by atoms with Crippen molar-refractivity contribution in [2.24, 2.45) is 4.99 Å². The number of nitrogens with zero attached hydrogens (tertiary/aromatic N) is 2. The van der Waals surface area contributed by atoms with Crippen LogP contribution in [0.2, 0.25) is 0 Å². The number of nitrogens with one attached hydrogen (secondary N) is 2. The Morgan fingerprint density at radius 2 is 2.17 bits per heavy atom. The predicted molar refractivity (Wildman–Crippen MR) is 93.3 cm³/mol. The third-order valence-corrected chi connectivity index (χ3v) is 4.53. The minimum absolute atomic E-state index is 0.402. The van der Waals surface area contributed by atoms with E-state index in [1.165, 1.54) is 12.0 Å². The van der Waals surface area contributed by atoms with Crippen LogP contribution in [0, 0.1) is 6.92 Å². The van der Waals surface area contributed by atoms with Crippen LogP contribution in [0.4, 0.5) is 0 Å². The molecule has 0 spiro atoms. The van der Waals surface area contributed by atoms with Crippen molar-refractivity contribution < 1.29 is 13.9 Å². The number of rotatable bonds is 6. The highest BCUT2D eigenvalue weighted by atomic mass is 32.1. The van der Waals surface area contributed by atoms with Gasteiger partial charge >= 0.3 is 5.97 Å². The third-order valence-electron chi connectivity index (χ3n) is 3.38. The van der Waals surface area contributed by atoms with Crippen LogP contribution in [-0.2, 0) is 24.2 Å². The summed E-state index contributed by atoms with van der Waals surface area (Å²) >= 11 is 1.68. The molecular formula is C16H22N4O3S. The lowest BCUT2D eigenvalue weighted by atomic mass is 10.2. The van der Waals surface area contributed by atoms with Crippen LogP contribution in [-0.4, -0.2) is 31.1 Å². The molecule has 0 aliphatic carbocycles. The lowest BCUT2D eigenvalue weighted by Crippen LogP contribution is -2.36. The molecule has 0 unspecified atom stereocenters. The Balaban J connectivity index is 1.88. The molecule has 0 saturated carbocycles. The van der Waals surface area contributed by atoms with Gasteiger partial charge in [0, 0.05) is 18.1 Å². The van der Waals surface area contributed by atoms with Crippen LogP contribution in [0.15, 0.2) is 21.7 Å². The summed E-state index contributed by atoms with van der Waals surface area (Å²) < 4.78 is 10.3. The number of aryl methyl sites for hydroxylation is 2. The normalized spacial score (nSPS) is 11.4. The van der Waals surface area contributed by atoms with Crippen LogP contribution in [0.1, 0.15) is 38.7 Å². The van der Waals surface area contributed by atoms with Crippen LogP contribution < -0.4 is 10.6 Å². The average molecular weight is 350 g/mol. The Morgan fingerprint density at radius 1 is 1.42 bits per heavy atom. The van der Waals surface area contributed by atoms with E-state index < -0.39 is 5.97 Å². The van der Waals surface area contributed by atoms with Crippen molar-refractivity contribution in [3.05, 3.63) is 39.2 Å². The molecule has 0 radical (unpaired) electrons. The van der Waals surface area contributed by atoms with Crippen molar-refractivity contribution in [2.45, 2.75) is 33.4 Å². The quantitative estimate of drug-likeness (QED) is 0.472. The zero-order chi connectivity index (χ0) is 17.5. The van der Waals surface area contributed by atoms with Crippen molar-refractivity contribution in [2.75, 3.05) is 14.2 Å². The van der Waals surface area contributed by atoms with Gasteiger partial charge in [0.05, 0.1) is 20.2 Å². The highest BCUT2D eigenvalue weighted by molar-refractivity contribution is 7.11. The second-order valence-corrected chi connectivity index (χ2v) is 6.23. The SMILES string of the molecule is CCc1cnc(CNC(=NC)NCc2cc(C(=O)OC)c(C)o2)s1. The minimum Gasteiger partial charge on any atom is -0.465 e. The molecule has 0 fully saturated rings. The van der Waals surface area contributed by atoms with Crippen molar-refractivity contribution >= 4 is 23.3 Å². The molecule has 0 bridgehead atoms. The molecule has 0 atom stereocenters. The van der Waals surface area contributed by atoms with Gasteiger partial charge in [-0.3, -0.25) is 4.99 Å². The number of carbonyl (C=O) groups is 1. The summed E-state index contributed by atoms with van der Waals surface area (Å²) in [5.74, 6) is 1.41. The van der Waals surface area contributed by atoms with Crippen molar-refractivity contribution in [3.63, 3.8) is 0 Å². The fraction of sp³-hybridized carbons (Fsp3) is 0.438. The highest BCUT2D eigenvalue weighted by Gasteiger charge is 2.15. The van der Waals surface area contributed by atoms with Crippen molar-refractivity contribution in [1.29, 1.82) is 0 Å². The van der Waals surface area contributed by atoms with Crippen LogP contribution in [0.3, 0.4) is 0 Å². The maximum Gasteiger partial charge on any atom is 0.341 e. The lowest BCUT2D eigenvalue weighted by Gasteiger charge is -2.09. The smallest absolute Gasteiger partial charge is 0.341 e. The molecular weight excluding hydrogens is 328 g/mol. The number of methoxy groups -OCH3 is 1. The topological polar surface area (TPSA) is 88.8 Å². The molecule has 7 nitrogen and oxygen atoms in total. The first-order valence-electron chi connectivity index (χ1n) is 7.63. The average Bonchev–Trinajstić information content (AvgIpc) is 3.20. The Kier molecular flexibility index (Phi) is 6.36. The van der Waals surface area contributed by atoms with E-state index in [1.54, 1.807) is 31.4 Å². The maximum atomic E-state index is 11.6. The predicted octanol–water partition coefficient (Wildman–Crippen LogP) is 2.26. The second-order valence-electron chi connectivity index (χ2n) is 5.03. The molecule has 0 amide bonds. The maximum absolute atomic E-state index is 11.6. The summed E-state index contributed by atoms with van der Waals surface area (Å²) in [5, 5.41) is 7.36. The fourth-order valence-electron chi connectivity index (χ4n) is 2.09. The van der Waals surface area contributed by atoms with Gasteiger partial charge in [0.15, 0.2) is 5.96 Å². The molecule has 0 aromatic carbocycles. The van der Waals surface area contributed by atoms with E-state index in [4.69, 9.17) is 9.15 Å². The first-order chi connectivity index (χ1) is 11.6. The highest BCUT2D eigenvalue weighted by Crippen LogP contribution is 2.15. The number of carbonyl (C=O) groups excluding carboxylic acids is 1. The molecule has 8 heteroatoms. The van der Waals surface area contributed by atoms with Crippen molar-refractivity contribution in [1.82, 2.24) is 15.6 Å². The molecule has 0 aliphatic rings. The first kappa shape index (κ1) is 18.0. The molecule has 2 heterocycles. The zero-order valence-corrected chi connectivity index (χ0v) is 15.1. The number of hydrogen-bond donors (Lipinski definition) is 2. The van der Waals surface area contributed by atoms with E-state index >= 15 is 0 Å². The Morgan fingerprint density at radius 3 is 2.79 bits per heavy atom. The van der Waals surface area contributed by atoms with E-state index in [0.717, 1.165) is 11.4 Å². The van der Waals surface area contributed by atoms with Gasteiger partial charge in [0.1, 0.15) is 22.1 Å². The van der Waals surface area contributed by atoms with Gasteiger partial charge in [0.25, 0.3) is 0 Å². The van der Waals surface area contributed by atoms with Gasteiger partial charge in [-0.05, 0) is 19.4 Å². The number of furan rings is 1. The summed E-state index contributed by atoms with van der Waals surface area (Å²) in [6.45, 7) is 4.86. The molecule has 2 aromatic heterocycles. The Labute approximate surface area is 145 Å². The summed E-state index contributed by atoms with van der Waals surface area (Å²) in [4.78, 5) is 21.4. The molecule has 0 saturated heterocycles. The molecule has 2 N–H and O–H groups in total. The summed E-state index contributed by atoms with van der Waals surface area (Å²) in [5.41, 5.74) is 0.437. The number of thiazole rings is 1. The molecule has 0 aliphatic heterocycles. The van der Waals surface area contributed by atoms with Gasteiger partial charge in [-0.15, -0.1) is 11.3 Å². The number of esters is 1. The largest absolute Gasteiger partial charge is 0.465 e. The molecule has 130 valence electrons. The number of ether oxygens (including phenoxy) is 1. The monoisotopic (exact) mass is 350 g/mol. The Hall–Kier alpha value is -2.35. The number of hydrogen-bond acceptors (Lipinski definition) is 6. The number of aromatic nitrogens is 1. The van der Waals surface area contributed by atoms with Crippen molar-refractivity contribution in [3.8, 4) is 0 Å². The third kappa shape index (κ3) is 4.58. The van der Waals surface area contributed by atoms with Crippen LogP contribution in [0.5, 0.6) is 0 Å². The van der Waals surface area contributed by atoms with Crippen LogP contribution in [0.25, 0.3) is 0 Å². The number of aliphatic imine (C=N–C) groups is 1. The number of guanidine groups is 1. The van der Waals surface area contributed by atoms with E-state index in [9.17, 15) is 4.79 Å². The molecule has 2 aromatic rings. The van der Waals surface area contributed by atoms with Gasteiger partial charge in [0.2, 0.25) is 0 Å². The van der Waals surface area contributed by atoms with Gasteiger partial charge < -0.3 is 19.8 Å². The summed E-state index contributed by atoms with van der Waals surface area (Å²) in [7, 11) is 3.04. The van der Waals surface area contributed by atoms with Crippen LogP contribution >= 0.6 is 11.3 Å². The second kappa shape index (κ2) is 8.49. The van der Waals surface area contributed by atoms with E-state index in [-0.39, 0.29) is 0 Å². The zero-order valence-electron chi connectivity index (χ0n) is 14.3.